The van der Waals surface area contributed by atoms with Crippen molar-refractivity contribution in [1.82, 2.24) is 0 Å². The summed E-state index contributed by atoms with van der Waals surface area (Å²) in [7, 11) is 0. The number of esters is 1. The highest BCUT2D eigenvalue weighted by Gasteiger charge is 2.13. The molecule has 8 heteroatoms. The quantitative estimate of drug-likeness (QED) is 0.348. The van der Waals surface area contributed by atoms with Crippen LogP contribution in [0.1, 0.15) is 11.1 Å². The van der Waals surface area contributed by atoms with Crippen molar-refractivity contribution in [2.45, 2.75) is 6.61 Å². The van der Waals surface area contributed by atoms with E-state index in [2.05, 4.69) is 0 Å². The zero-order chi connectivity index (χ0) is 17.5. The average molecular weight is 328 g/mol. The zero-order valence-electron chi connectivity index (χ0n) is 12.3. The number of nitro benzene ring substituents is 2. The fourth-order valence-corrected chi connectivity index (χ4v) is 1.91. The number of nitrogens with zero attached hydrogens (tertiary/aromatic N) is 2. The molecule has 0 aliphatic rings. The van der Waals surface area contributed by atoms with Crippen LogP contribution < -0.4 is 0 Å². The second-order valence-corrected chi connectivity index (χ2v) is 4.68. The molecule has 122 valence electrons. The molecule has 0 bridgehead atoms. The highest BCUT2D eigenvalue weighted by Crippen LogP contribution is 2.18. The van der Waals surface area contributed by atoms with Crippen molar-refractivity contribution in [3.8, 4) is 0 Å². The first-order valence-corrected chi connectivity index (χ1v) is 6.79. The zero-order valence-corrected chi connectivity index (χ0v) is 12.3. The Morgan fingerprint density at radius 3 is 2.50 bits per heavy atom. The lowest BCUT2D eigenvalue weighted by Gasteiger charge is -2.03. The summed E-state index contributed by atoms with van der Waals surface area (Å²) >= 11 is 0. The predicted molar refractivity (Wildman–Crippen MR) is 85.0 cm³/mol. The summed E-state index contributed by atoms with van der Waals surface area (Å²) in [6, 6.07) is 11.7. The fraction of sp³-hybridized carbons (Fsp3) is 0.0625. The number of carbonyl (C=O) groups excluding carboxylic acids is 1. The number of hydrogen-bond acceptors (Lipinski definition) is 6. The summed E-state index contributed by atoms with van der Waals surface area (Å²) in [4.78, 5) is 32.1. The van der Waals surface area contributed by atoms with E-state index in [0.29, 0.717) is 5.56 Å². The van der Waals surface area contributed by atoms with E-state index in [1.807, 2.05) is 0 Å². The van der Waals surface area contributed by atoms with Crippen molar-refractivity contribution in [3.05, 3.63) is 86.0 Å². The van der Waals surface area contributed by atoms with Gasteiger partial charge in [0.1, 0.15) is 6.61 Å². The lowest BCUT2D eigenvalue weighted by atomic mass is 10.2. The lowest BCUT2D eigenvalue weighted by molar-refractivity contribution is -0.385. The predicted octanol–water partition coefficient (Wildman–Crippen LogP) is 3.26. The molecular weight excluding hydrogens is 316 g/mol. The van der Waals surface area contributed by atoms with Gasteiger partial charge in [-0.15, -0.1) is 0 Å². The molecule has 24 heavy (non-hydrogen) atoms. The molecule has 0 N–H and O–H groups in total. The van der Waals surface area contributed by atoms with Gasteiger partial charge in [-0.1, -0.05) is 24.3 Å². The van der Waals surface area contributed by atoms with Crippen molar-refractivity contribution in [1.29, 1.82) is 0 Å². The minimum Gasteiger partial charge on any atom is -0.457 e. The molecule has 0 saturated carbocycles. The van der Waals surface area contributed by atoms with E-state index >= 15 is 0 Å². The molecule has 0 aromatic heterocycles. The third-order valence-electron chi connectivity index (χ3n) is 3.05. The van der Waals surface area contributed by atoms with Crippen LogP contribution >= 0.6 is 0 Å². The third kappa shape index (κ3) is 4.47. The smallest absolute Gasteiger partial charge is 0.331 e. The maximum absolute atomic E-state index is 11.7. The molecule has 2 aromatic rings. The molecule has 0 saturated heterocycles. The first-order valence-electron chi connectivity index (χ1n) is 6.79. The molecule has 8 nitrogen and oxygen atoms in total. The number of ether oxygens (including phenoxy) is 1. The van der Waals surface area contributed by atoms with Gasteiger partial charge < -0.3 is 4.74 Å². The van der Waals surface area contributed by atoms with E-state index in [1.165, 1.54) is 42.5 Å². The summed E-state index contributed by atoms with van der Waals surface area (Å²) in [6.45, 7) is -0.241. The standard InChI is InChI=1S/C16H12N2O6/c19-16(9-8-12-4-3-6-14(10-12)17(20)21)24-11-13-5-1-2-7-15(13)18(22)23/h1-10H,11H2/b9-8+. The van der Waals surface area contributed by atoms with Crippen molar-refractivity contribution in [2.24, 2.45) is 0 Å². The van der Waals surface area contributed by atoms with Crippen LogP contribution in [0.3, 0.4) is 0 Å². The Kier molecular flexibility index (Phi) is 5.35. The molecule has 2 rings (SSSR count). The Morgan fingerprint density at radius 1 is 1.04 bits per heavy atom. The first-order chi connectivity index (χ1) is 11.5. The lowest BCUT2D eigenvalue weighted by Crippen LogP contribution is -2.03. The van der Waals surface area contributed by atoms with E-state index in [-0.39, 0.29) is 23.5 Å². The van der Waals surface area contributed by atoms with E-state index < -0.39 is 15.8 Å². The Bertz CT molecular complexity index is 816. The molecule has 0 aliphatic carbocycles. The van der Waals surface area contributed by atoms with Crippen molar-refractivity contribution in [3.63, 3.8) is 0 Å². The molecule has 0 amide bonds. The Hall–Kier alpha value is -3.55. The van der Waals surface area contributed by atoms with Crippen LogP contribution in [0.5, 0.6) is 0 Å². The summed E-state index contributed by atoms with van der Waals surface area (Å²) in [5.74, 6) is -0.709. The van der Waals surface area contributed by atoms with Crippen LogP contribution in [0.2, 0.25) is 0 Å². The summed E-state index contributed by atoms with van der Waals surface area (Å²) < 4.78 is 4.95. The van der Waals surface area contributed by atoms with Gasteiger partial charge in [0.2, 0.25) is 0 Å². The fourth-order valence-electron chi connectivity index (χ4n) is 1.91. The Morgan fingerprint density at radius 2 is 1.79 bits per heavy atom. The van der Waals surface area contributed by atoms with Crippen LogP contribution in [0.15, 0.2) is 54.6 Å². The van der Waals surface area contributed by atoms with Gasteiger partial charge in [-0.2, -0.15) is 0 Å². The van der Waals surface area contributed by atoms with Crippen molar-refractivity contribution < 1.29 is 19.4 Å². The second kappa shape index (κ2) is 7.63. The molecule has 0 spiro atoms. The summed E-state index contributed by atoms with van der Waals surface area (Å²) in [6.07, 6.45) is 2.47. The molecular formula is C16H12N2O6. The molecule has 0 aliphatic heterocycles. The van der Waals surface area contributed by atoms with Gasteiger partial charge in [-0.3, -0.25) is 20.2 Å². The highest BCUT2D eigenvalue weighted by molar-refractivity contribution is 5.87. The van der Waals surface area contributed by atoms with Gasteiger partial charge in [0, 0.05) is 24.3 Å². The monoisotopic (exact) mass is 328 g/mol. The van der Waals surface area contributed by atoms with Gasteiger partial charge in [0.15, 0.2) is 0 Å². The van der Waals surface area contributed by atoms with Gasteiger partial charge in [-0.05, 0) is 17.7 Å². The molecule has 2 aromatic carbocycles. The molecule has 0 heterocycles. The van der Waals surface area contributed by atoms with Gasteiger partial charge in [0.25, 0.3) is 11.4 Å². The topological polar surface area (TPSA) is 113 Å². The minimum absolute atomic E-state index is 0.0922. The molecule has 0 unspecified atom stereocenters. The van der Waals surface area contributed by atoms with Gasteiger partial charge in [-0.25, -0.2) is 4.79 Å². The maximum atomic E-state index is 11.7. The van der Waals surface area contributed by atoms with Gasteiger partial charge in [0.05, 0.1) is 15.4 Å². The number of para-hydroxylation sites is 1. The third-order valence-corrected chi connectivity index (χ3v) is 3.05. The average Bonchev–Trinajstić information content (AvgIpc) is 2.58. The van der Waals surface area contributed by atoms with Crippen molar-refractivity contribution >= 4 is 23.4 Å². The number of hydrogen-bond donors (Lipinski definition) is 0. The number of rotatable bonds is 6. The Balaban J connectivity index is 2.00. The number of non-ortho nitro benzene ring substituents is 1. The Labute approximate surface area is 136 Å². The van der Waals surface area contributed by atoms with Crippen LogP contribution in [-0.4, -0.2) is 15.8 Å². The first kappa shape index (κ1) is 16.8. The molecule has 0 atom stereocenters. The normalized spacial score (nSPS) is 10.5. The van der Waals surface area contributed by atoms with E-state index in [1.54, 1.807) is 12.1 Å². The molecule has 0 radical (unpaired) electrons. The minimum atomic E-state index is -0.709. The number of nitro groups is 2. The molecule has 0 fully saturated rings. The van der Waals surface area contributed by atoms with E-state index in [0.717, 1.165) is 6.08 Å². The van der Waals surface area contributed by atoms with Crippen LogP contribution in [0.4, 0.5) is 11.4 Å². The SMILES string of the molecule is O=C(/C=C/c1cccc([N+](=O)[O-])c1)OCc1ccccc1[N+](=O)[O-]. The van der Waals surface area contributed by atoms with Gasteiger partial charge >= 0.3 is 5.97 Å². The summed E-state index contributed by atoms with van der Waals surface area (Å²) in [5, 5.41) is 21.5. The maximum Gasteiger partial charge on any atom is 0.331 e. The van der Waals surface area contributed by atoms with E-state index in [9.17, 15) is 25.0 Å². The number of benzene rings is 2. The number of carbonyl (C=O) groups is 1. The second-order valence-electron chi connectivity index (χ2n) is 4.68. The van der Waals surface area contributed by atoms with Crippen LogP contribution in [0.25, 0.3) is 6.08 Å². The highest BCUT2D eigenvalue weighted by atomic mass is 16.6. The van der Waals surface area contributed by atoms with E-state index in [4.69, 9.17) is 4.74 Å². The summed E-state index contributed by atoms with van der Waals surface area (Å²) in [5.41, 5.74) is 0.518. The van der Waals surface area contributed by atoms with Crippen LogP contribution in [-0.2, 0) is 16.1 Å². The largest absolute Gasteiger partial charge is 0.457 e. The van der Waals surface area contributed by atoms with Crippen LogP contribution in [0, 0.1) is 20.2 Å². The van der Waals surface area contributed by atoms with Crippen molar-refractivity contribution in [2.75, 3.05) is 0 Å².